The van der Waals surface area contributed by atoms with Gasteiger partial charge in [-0.05, 0) is 68.7 Å². The summed E-state index contributed by atoms with van der Waals surface area (Å²) in [7, 11) is 0. The van der Waals surface area contributed by atoms with Crippen LogP contribution in [0.15, 0.2) is 72.9 Å². The van der Waals surface area contributed by atoms with E-state index in [1.807, 2.05) is 68.4 Å². The maximum Gasteiger partial charge on any atom is 0.312 e. The van der Waals surface area contributed by atoms with Gasteiger partial charge in [-0.25, -0.2) is 0 Å². The number of hydrogen-bond donors (Lipinski definition) is 1. The maximum absolute atomic E-state index is 12.6. The van der Waals surface area contributed by atoms with Gasteiger partial charge in [-0.3, -0.25) is 14.6 Å². The van der Waals surface area contributed by atoms with Crippen molar-refractivity contribution >= 4 is 11.9 Å². The Morgan fingerprint density at radius 3 is 2.36 bits per heavy atom. The number of hydrogen-bond acceptors (Lipinski definition) is 5. The van der Waals surface area contributed by atoms with E-state index in [9.17, 15) is 9.59 Å². The van der Waals surface area contributed by atoms with Crippen LogP contribution in [0.3, 0.4) is 0 Å². The van der Waals surface area contributed by atoms with Crippen LogP contribution in [-0.2, 0) is 16.0 Å². The Morgan fingerprint density at radius 2 is 1.72 bits per heavy atom. The third-order valence-corrected chi connectivity index (χ3v) is 6.13. The molecule has 6 nitrogen and oxygen atoms in total. The second-order valence-corrected chi connectivity index (χ2v) is 9.10. The van der Waals surface area contributed by atoms with Gasteiger partial charge in [-0.1, -0.05) is 50.1 Å². The van der Waals surface area contributed by atoms with Gasteiger partial charge >= 0.3 is 5.97 Å². The molecule has 0 saturated heterocycles. The number of carbonyl (C=O) groups excluding carboxylic acids is 2. The van der Waals surface area contributed by atoms with E-state index in [0.29, 0.717) is 31.7 Å². The second-order valence-electron chi connectivity index (χ2n) is 9.10. The third-order valence-electron chi connectivity index (χ3n) is 6.13. The molecule has 1 heterocycles. The second kappa shape index (κ2) is 13.4. The molecule has 190 valence electrons. The fourth-order valence-electron chi connectivity index (χ4n) is 4.05. The van der Waals surface area contributed by atoms with Gasteiger partial charge in [-0.15, -0.1) is 0 Å². The molecule has 36 heavy (non-hydrogen) atoms. The molecule has 1 aromatic heterocycles. The molecule has 3 aromatic rings. The monoisotopic (exact) mass is 488 g/mol. The number of nitrogens with zero attached hydrogens (tertiary/aromatic N) is 1. The standard InChI is InChI=1S/C30H36N2O4/c1-4-6-18-30(3,29(34)35-5-2)22-23-10-16-26(17-11-23)36-21-20-32-28(33)25-14-12-24(13-15-25)27-9-7-8-19-31-27/h7-17,19H,4-6,18,20-22H2,1-3H3,(H,32,33). The fraction of sp³-hybridized carbons (Fsp3) is 0.367. The number of esters is 1. The van der Waals surface area contributed by atoms with Crippen LogP contribution < -0.4 is 10.1 Å². The van der Waals surface area contributed by atoms with Crippen LogP contribution >= 0.6 is 0 Å². The van der Waals surface area contributed by atoms with Crippen LogP contribution in [0.2, 0.25) is 0 Å². The summed E-state index contributed by atoms with van der Waals surface area (Å²) in [5.74, 6) is 0.437. The lowest BCUT2D eigenvalue weighted by Crippen LogP contribution is -2.32. The van der Waals surface area contributed by atoms with E-state index in [2.05, 4.69) is 17.2 Å². The Bertz CT molecular complexity index is 1100. The number of carbonyl (C=O) groups is 2. The van der Waals surface area contributed by atoms with Gasteiger partial charge in [0.25, 0.3) is 5.91 Å². The van der Waals surface area contributed by atoms with Gasteiger partial charge in [-0.2, -0.15) is 0 Å². The molecule has 0 aliphatic rings. The van der Waals surface area contributed by atoms with Crippen molar-refractivity contribution in [2.75, 3.05) is 19.8 Å². The molecule has 1 atom stereocenters. The van der Waals surface area contributed by atoms with Gasteiger partial charge < -0.3 is 14.8 Å². The molecular weight excluding hydrogens is 452 g/mol. The summed E-state index contributed by atoms with van der Waals surface area (Å²) in [6.45, 7) is 7.08. The fourth-order valence-corrected chi connectivity index (χ4v) is 4.05. The van der Waals surface area contributed by atoms with Crippen molar-refractivity contribution in [2.24, 2.45) is 5.41 Å². The van der Waals surface area contributed by atoms with Gasteiger partial charge in [0.2, 0.25) is 0 Å². The third kappa shape index (κ3) is 7.67. The average molecular weight is 489 g/mol. The van der Waals surface area contributed by atoms with E-state index in [4.69, 9.17) is 9.47 Å². The van der Waals surface area contributed by atoms with Crippen LogP contribution in [0.1, 0.15) is 56.0 Å². The number of pyridine rings is 1. The zero-order valence-electron chi connectivity index (χ0n) is 21.5. The lowest BCUT2D eigenvalue weighted by Gasteiger charge is -2.27. The minimum atomic E-state index is -0.533. The molecule has 0 spiro atoms. The summed E-state index contributed by atoms with van der Waals surface area (Å²) in [5.41, 5.74) is 2.96. The SMILES string of the molecule is CCCCC(C)(Cc1ccc(OCCNC(=O)c2ccc(-c3ccccn3)cc2)cc1)C(=O)OCC. The molecule has 0 aliphatic heterocycles. The lowest BCUT2D eigenvalue weighted by molar-refractivity contribution is -0.154. The molecule has 1 unspecified atom stereocenters. The first-order valence-corrected chi connectivity index (χ1v) is 12.6. The molecule has 2 aromatic carbocycles. The molecule has 6 heteroatoms. The number of unbranched alkanes of at least 4 members (excludes halogenated alkanes) is 1. The highest BCUT2D eigenvalue weighted by molar-refractivity contribution is 5.94. The highest BCUT2D eigenvalue weighted by atomic mass is 16.5. The molecule has 0 fully saturated rings. The summed E-state index contributed by atoms with van der Waals surface area (Å²) in [4.78, 5) is 29.3. The predicted molar refractivity (Wildman–Crippen MR) is 142 cm³/mol. The number of benzene rings is 2. The summed E-state index contributed by atoms with van der Waals surface area (Å²) in [6.07, 6.45) is 5.19. The number of nitrogens with one attached hydrogen (secondary N) is 1. The Morgan fingerprint density at radius 1 is 0.972 bits per heavy atom. The van der Waals surface area contributed by atoms with E-state index in [1.54, 1.807) is 18.3 Å². The number of amides is 1. The highest BCUT2D eigenvalue weighted by Gasteiger charge is 2.34. The van der Waals surface area contributed by atoms with E-state index >= 15 is 0 Å². The zero-order chi connectivity index (χ0) is 25.8. The molecule has 0 radical (unpaired) electrons. The summed E-state index contributed by atoms with van der Waals surface area (Å²) < 4.78 is 11.1. The van der Waals surface area contributed by atoms with Crippen molar-refractivity contribution in [3.8, 4) is 17.0 Å². The Kier molecular flexibility index (Phi) is 10.0. The van der Waals surface area contributed by atoms with E-state index in [-0.39, 0.29) is 11.9 Å². The van der Waals surface area contributed by atoms with Crippen molar-refractivity contribution in [1.82, 2.24) is 10.3 Å². The molecule has 3 rings (SSSR count). The smallest absolute Gasteiger partial charge is 0.312 e. The molecule has 0 saturated carbocycles. The zero-order valence-corrected chi connectivity index (χ0v) is 21.5. The van der Waals surface area contributed by atoms with Gasteiger partial charge in [0.1, 0.15) is 12.4 Å². The first-order chi connectivity index (χ1) is 17.4. The number of rotatable bonds is 13. The maximum atomic E-state index is 12.6. The van der Waals surface area contributed by atoms with Gasteiger partial charge in [0, 0.05) is 17.3 Å². The Labute approximate surface area is 214 Å². The van der Waals surface area contributed by atoms with E-state index in [0.717, 1.165) is 41.8 Å². The molecule has 0 aliphatic carbocycles. The van der Waals surface area contributed by atoms with Crippen molar-refractivity contribution < 1.29 is 19.1 Å². The Balaban J connectivity index is 1.46. The summed E-state index contributed by atoms with van der Waals surface area (Å²) in [5, 5.41) is 2.88. The van der Waals surface area contributed by atoms with E-state index in [1.165, 1.54) is 0 Å². The molecule has 1 amide bonds. The molecule has 1 N–H and O–H groups in total. The first-order valence-electron chi connectivity index (χ1n) is 12.6. The van der Waals surface area contributed by atoms with Gasteiger partial charge in [0.05, 0.1) is 24.3 Å². The quantitative estimate of drug-likeness (QED) is 0.241. The largest absolute Gasteiger partial charge is 0.492 e. The minimum Gasteiger partial charge on any atom is -0.492 e. The van der Waals surface area contributed by atoms with Crippen LogP contribution in [0.5, 0.6) is 5.75 Å². The van der Waals surface area contributed by atoms with Crippen LogP contribution in [0.25, 0.3) is 11.3 Å². The number of aromatic nitrogens is 1. The minimum absolute atomic E-state index is 0.138. The van der Waals surface area contributed by atoms with Crippen molar-refractivity contribution in [3.05, 3.63) is 84.1 Å². The summed E-state index contributed by atoms with van der Waals surface area (Å²) in [6, 6.07) is 20.9. The van der Waals surface area contributed by atoms with Crippen LogP contribution in [0.4, 0.5) is 0 Å². The lowest BCUT2D eigenvalue weighted by atomic mass is 9.79. The molecule has 0 bridgehead atoms. The molecular formula is C30H36N2O4. The van der Waals surface area contributed by atoms with Crippen molar-refractivity contribution in [2.45, 2.75) is 46.5 Å². The first kappa shape index (κ1) is 26.9. The van der Waals surface area contributed by atoms with Crippen molar-refractivity contribution in [3.63, 3.8) is 0 Å². The average Bonchev–Trinajstić information content (AvgIpc) is 2.91. The normalized spacial score (nSPS) is 12.4. The summed E-state index contributed by atoms with van der Waals surface area (Å²) >= 11 is 0. The highest BCUT2D eigenvalue weighted by Crippen LogP contribution is 2.31. The topological polar surface area (TPSA) is 77.5 Å². The Hall–Kier alpha value is -3.67. The number of ether oxygens (including phenoxy) is 2. The predicted octanol–water partition coefficient (Wildman–Crippen LogP) is 5.86. The van der Waals surface area contributed by atoms with Crippen LogP contribution in [-0.4, -0.2) is 36.6 Å². The van der Waals surface area contributed by atoms with Gasteiger partial charge in [0.15, 0.2) is 0 Å². The van der Waals surface area contributed by atoms with Crippen LogP contribution in [0, 0.1) is 5.41 Å². The van der Waals surface area contributed by atoms with Crippen molar-refractivity contribution in [1.29, 1.82) is 0 Å². The van der Waals surface area contributed by atoms with E-state index < -0.39 is 5.41 Å².